The van der Waals surface area contributed by atoms with Gasteiger partial charge in [-0.05, 0) is 6.42 Å². The Bertz CT molecular complexity index is 434. The highest BCUT2D eigenvalue weighted by Gasteiger charge is 2.46. The minimum Gasteiger partial charge on any atom is -0.368 e. The largest absolute Gasteiger partial charge is 0.368 e. The molecule has 0 saturated carbocycles. The number of nitrogens with one attached hydrogen (secondary N) is 1. The van der Waals surface area contributed by atoms with Crippen molar-refractivity contribution in [2.75, 3.05) is 27.4 Å². The third kappa shape index (κ3) is 10.5. The molecule has 0 heterocycles. The van der Waals surface area contributed by atoms with Crippen LogP contribution in [0.15, 0.2) is 4.99 Å². The zero-order valence-corrected chi connectivity index (χ0v) is 19.0. The second kappa shape index (κ2) is 15.3. The number of aliphatic imine (C=N–C) groups is 1. The summed E-state index contributed by atoms with van der Waals surface area (Å²) in [5, 5.41) is 0. The summed E-state index contributed by atoms with van der Waals surface area (Å²) >= 11 is 0. The van der Waals surface area contributed by atoms with Gasteiger partial charge in [0.05, 0.1) is 0 Å². The molecule has 0 aliphatic heterocycles. The lowest BCUT2D eigenvalue weighted by molar-refractivity contribution is -0.152. The molecular weight excluding hydrogens is 365 g/mol. The van der Waals surface area contributed by atoms with Crippen LogP contribution in [0.1, 0.15) is 84.5 Å². The molecule has 0 rings (SSSR count). The SMILES string of the molecule is CCCCCCCCCCCCN=C(N)NOP(C)(=O)C(CC)(OC)OC. The van der Waals surface area contributed by atoms with Crippen LogP contribution in [0.3, 0.4) is 0 Å². The summed E-state index contributed by atoms with van der Waals surface area (Å²) < 4.78 is 28.6. The number of rotatable bonds is 17. The maximum absolute atomic E-state index is 12.7. The molecule has 162 valence electrons. The average Bonchev–Trinajstić information content (AvgIpc) is 2.66. The summed E-state index contributed by atoms with van der Waals surface area (Å²) in [6.45, 7) is 6.14. The molecule has 3 N–H and O–H groups in total. The Morgan fingerprint density at radius 2 is 1.44 bits per heavy atom. The van der Waals surface area contributed by atoms with Crippen molar-refractivity contribution >= 4 is 13.3 Å². The first-order valence-electron chi connectivity index (χ1n) is 10.3. The quantitative estimate of drug-likeness (QED) is 0.0879. The lowest BCUT2D eigenvalue weighted by Gasteiger charge is -2.34. The molecule has 0 aromatic carbocycles. The van der Waals surface area contributed by atoms with E-state index in [2.05, 4.69) is 17.4 Å². The molecule has 0 spiro atoms. The molecule has 1 atom stereocenters. The number of nitrogens with two attached hydrogens (primary N) is 1. The number of unbranched alkanes of at least 4 members (excludes halogenated alkanes) is 9. The van der Waals surface area contributed by atoms with E-state index in [0.717, 1.165) is 12.8 Å². The molecule has 0 aliphatic carbocycles. The molecule has 27 heavy (non-hydrogen) atoms. The van der Waals surface area contributed by atoms with Crippen LogP contribution >= 0.6 is 7.37 Å². The van der Waals surface area contributed by atoms with Gasteiger partial charge in [-0.25, -0.2) is 10.1 Å². The van der Waals surface area contributed by atoms with Crippen LogP contribution in [0.2, 0.25) is 0 Å². The van der Waals surface area contributed by atoms with Crippen molar-refractivity contribution in [2.45, 2.75) is 90.0 Å². The Hall–Kier alpha value is -0.620. The van der Waals surface area contributed by atoms with Crippen molar-refractivity contribution in [2.24, 2.45) is 10.7 Å². The van der Waals surface area contributed by atoms with Gasteiger partial charge in [0.25, 0.3) is 7.37 Å². The Balaban J connectivity index is 3.93. The van der Waals surface area contributed by atoms with Crippen LogP contribution in [0.25, 0.3) is 0 Å². The first kappa shape index (κ1) is 26.4. The van der Waals surface area contributed by atoms with E-state index in [0.29, 0.717) is 13.0 Å². The fourth-order valence-electron chi connectivity index (χ4n) is 3.03. The van der Waals surface area contributed by atoms with E-state index < -0.39 is 12.9 Å². The highest BCUT2D eigenvalue weighted by atomic mass is 31.2. The van der Waals surface area contributed by atoms with Crippen LogP contribution in [0, 0.1) is 0 Å². The van der Waals surface area contributed by atoms with Gasteiger partial charge in [0.1, 0.15) is 0 Å². The summed E-state index contributed by atoms with van der Waals surface area (Å²) in [5.74, 6) is 0.116. The van der Waals surface area contributed by atoms with Gasteiger partial charge < -0.3 is 15.2 Å². The van der Waals surface area contributed by atoms with E-state index in [-0.39, 0.29) is 5.96 Å². The molecule has 0 fully saturated rings. The van der Waals surface area contributed by atoms with Crippen LogP contribution < -0.4 is 11.2 Å². The van der Waals surface area contributed by atoms with Crippen molar-refractivity contribution in [1.29, 1.82) is 0 Å². The first-order valence-corrected chi connectivity index (χ1v) is 12.4. The normalized spacial score (nSPS) is 14.9. The van der Waals surface area contributed by atoms with Gasteiger partial charge in [-0.1, -0.05) is 71.6 Å². The van der Waals surface area contributed by atoms with Gasteiger partial charge >= 0.3 is 0 Å². The zero-order chi connectivity index (χ0) is 20.6. The van der Waals surface area contributed by atoms with Crippen LogP contribution in [-0.4, -0.2) is 38.9 Å². The van der Waals surface area contributed by atoms with E-state index in [1.807, 2.05) is 6.92 Å². The monoisotopic (exact) mass is 407 g/mol. The van der Waals surface area contributed by atoms with Gasteiger partial charge in [-0.15, -0.1) is 0 Å². The Morgan fingerprint density at radius 3 is 1.89 bits per heavy atom. The predicted octanol–water partition coefficient (Wildman–Crippen LogP) is 5.01. The Morgan fingerprint density at radius 1 is 0.963 bits per heavy atom. The maximum atomic E-state index is 12.7. The third-order valence-corrected chi connectivity index (χ3v) is 7.18. The van der Waals surface area contributed by atoms with Crippen LogP contribution in [-0.2, 0) is 18.7 Å². The number of hydrogen-bond acceptors (Lipinski definition) is 5. The van der Waals surface area contributed by atoms with Crippen LogP contribution in [0.5, 0.6) is 0 Å². The highest BCUT2D eigenvalue weighted by molar-refractivity contribution is 7.59. The minimum atomic E-state index is -3.27. The molecule has 0 bridgehead atoms. The van der Waals surface area contributed by atoms with Crippen molar-refractivity contribution in [1.82, 2.24) is 5.48 Å². The van der Waals surface area contributed by atoms with Gasteiger partial charge in [0, 0.05) is 33.8 Å². The number of hydrogen-bond donors (Lipinski definition) is 2. The van der Waals surface area contributed by atoms with E-state index in [1.165, 1.54) is 72.3 Å². The lowest BCUT2D eigenvalue weighted by atomic mass is 10.1. The predicted molar refractivity (Wildman–Crippen MR) is 113 cm³/mol. The van der Waals surface area contributed by atoms with Crippen molar-refractivity contribution in [3.63, 3.8) is 0 Å². The third-order valence-electron chi connectivity index (χ3n) is 4.82. The summed E-state index contributed by atoms with van der Waals surface area (Å²) in [4.78, 5) is 4.21. The second-order valence-corrected chi connectivity index (χ2v) is 9.52. The Kier molecular flexibility index (Phi) is 15.0. The van der Waals surface area contributed by atoms with Crippen LogP contribution in [0.4, 0.5) is 0 Å². The van der Waals surface area contributed by atoms with E-state index >= 15 is 0 Å². The van der Waals surface area contributed by atoms with Gasteiger partial charge in [-0.3, -0.25) is 9.56 Å². The molecule has 0 saturated heterocycles. The second-order valence-electron chi connectivity index (χ2n) is 6.96. The molecular formula is C19H42N3O4P. The number of guanidine groups is 1. The van der Waals surface area contributed by atoms with E-state index in [4.69, 9.17) is 19.8 Å². The summed E-state index contributed by atoms with van der Waals surface area (Å²) in [6, 6.07) is 0. The fourth-order valence-corrected chi connectivity index (χ4v) is 4.67. The molecule has 1 unspecified atom stereocenters. The smallest absolute Gasteiger partial charge is 0.280 e. The molecule has 7 nitrogen and oxygen atoms in total. The molecule has 0 aromatic rings. The molecule has 8 heteroatoms. The van der Waals surface area contributed by atoms with Gasteiger partial charge in [0.2, 0.25) is 11.5 Å². The summed E-state index contributed by atoms with van der Waals surface area (Å²) in [5.41, 5.74) is 6.96. The average molecular weight is 408 g/mol. The minimum absolute atomic E-state index is 0.116. The number of ether oxygens (including phenoxy) is 2. The standard InChI is InChI=1S/C19H42N3O4P/c1-6-8-9-10-11-12-13-14-15-16-17-21-18(20)22-26-27(5,23)19(7-2,24-3)25-4/h6-17H2,1-5H3,(H3,20,21,22). The number of methoxy groups -OCH3 is 2. The van der Waals surface area contributed by atoms with E-state index in [9.17, 15) is 4.57 Å². The Labute approximate surface area is 166 Å². The van der Waals surface area contributed by atoms with Gasteiger partial charge in [0.15, 0.2) is 0 Å². The number of hydroxylamine groups is 1. The van der Waals surface area contributed by atoms with Crippen molar-refractivity contribution in [3.8, 4) is 0 Å². The first-order chi connectivity index (χ1) is 12.9. The topological polar surface area (TPSA) is 95.2 Å². The molecule has 0 aromatic heterocycles. The lowest BCUT2D eigenvalue weighted by Crippen LogP contribution is -2.38. The molecule has 0 amide bonds. The summed E-state index contributed by atoms with van der Waals surface area (Å²) in [6.07, 6.45) is 13.1. The molecule has 0 aliphatic rings. The highest BCUT2D eigenvalue weighted by Crippen LogP contribution is 2.57. The fraction of sp³-hybridized carbons (Fsp3) is 0.947. The van der Waals surface area contributed by atoms with Gasteiger partial charge in [-0.2, -0.15) is 0 Å². The van der Waals surface area contributed by atoms with Crippen molar-refractivity contribution in [3.05, 3.63) is 0 Å². The maximum Gasteiger partial charge on any atom is 0.280 e. The number of nitrogens with zero attached hydrogens (tertiary/aromatic N) is 1. The zero-order valence-electron chi connectivity index (χ0n) is 18.1. The van der Waals surface area contributed by atoms with E-state index in [1.54, 1.807) is 0 Å². The molecule has 0 radical (unpaired) electrons. The van der Waals surface area contributed by atoms with Crippen molar-refractivity contribution < 1.29 is 18.7 Å². The summed E-state index contributed by atoms with van der Waals surface area (Å²) in [7, 11) is -0.393.